The van der Waals surface area contributed by atoms with Gasteiger partial charge < -0.3 is 9.51 Å². The first kappa shape index (κ1) is 28.2. The van der Waals surface area contributed by atoms with Crippen LogP contribution in [0.2, 0.25) is 0 Å². The Morgan fingerprint density at radius 3 is 2.56 bits per heavy atom. The second-order valence-electron chi connectivity index (χ2n) is 10.1. The van der Waals surface area contributed by atoms with Crippen molar-refractivity contribution in [2.24, 2.45) is 0 Å². The number of thioether (sulfide) groups is 1. The molecule has 0 aliphatic carbocycles. The third-order valence-corrected chi connectivity index (χ3v) is 9.36. The minimum atomic E-state index is -1.20. The molecule has 0 saturated carbocycles. The van der Waals surface area contributed by atoms with E-state index >= 15 is 0 Å². The van der Waals surface area contributed by atoms with Gasteiger partial charge in [0.1, 0.15) is 11.3 Å². The molecule has 1 aliphatic heterocycles. The van der Waals surface area contributed by atoms with E-state index in [1.807, 2.05) is 50.2 Å². The number of aliphatic hydroxyl groups is 1. The number of aromatic nitrogens is 4. The quantitative estimate of drug-likeness (QED) is 0.0449. The largest absolute Gasteiger partial charge is 0.505 e. The molecule has 0 bridgehead atoms. The standard InChI is InChI=1S/C30H24N6O5S2/c1-16-9-11-19(12-10-16)15-42-30-33-32-29(43-30)35-24(20-7-4-8-21(14-20)36(40)41)22(26(38)28(35)39)25(37)23-18(3)34-13-5-6-17(2)27(34)31-23/h4-14,24,37H,15H2,1-3H3. The predicted octanol–water partition coefficient (Wildman–Crippen LogP) is 5.94. The zero-order chi connectivity index (χ0) is 30.4. The van der Waals surface area contributed by atoms with Gasteiger partial charge in [-0.25, -0.2) is 4.98 Å². The number of benzene rings is 2. The number of aliphatic hydroxyl groups excluding tert-OH is 1. The lowest BCUT2D eigenvalue weighted by molar-refractivity contribution is -0.384. The number of pyridine rings is 1. The Labute approximate surface area is 253 Å². The molecule has 2 aromatic carbocycles. The number of carbonyl (C=O) groups excluding carboxylic acids is 2. The van der Waals surface area contributed by atoms with Crippen LogP contribution in [0.5, 0.6) is 0 Å². The summed E-state index contributed by atoms with van der Waals surface area (Å²) in [7, 11) is 0. The van der Waals surface area contributed by atoms with Crippen molar-refractivity contribution >= 4 is 57.0 Å². The highest BCUT2D eigenvalue weighted by atomic mass is 32.2. The average molecular weight is 613 g/mol. The number of aryl methyl sites for hydroxylation is 3. The molecule has 5 aromatic rings. The lowest BCUT2D eigenvalue weighted by Gasteiger charge is -2.22. The molecular weight excluding hydrogens is 589 g/mol. The van der Waals surface area contributed by atoms with Crippen molar-refractivity contribution in [3.63, 3.8) is 0 Å². The Bertz CT molecular complexity index is 1960. The first-order valence-electron chi connectivity index (χ1n) is 13.2. The summed E-state index contributed by atoms with van der Waals surface area (Å²) in [5, 5.41) is 31.8. The van der Waals surface area contributed by atoms with E-state index in [1.165, 1.54) is 30.0 Å². The number of nitrogens with zero attached hydrogens (tertiary/aromatic N) is 6. The van der Waals surface area contributed by atoms with Gasteiger partial charge in [-0.05, 0) is 43.5 Å². The van der Waals surface area contributed by atoms with Gasteiger partial charge in [0, 0.05) is 24.1 Å². The van der Waals surface area contributed by atoms with Crippen LogP contribution in [0.15, 0.2) is 76.8 Å². The number of ketones is 1. The summed E-state index contributed by atoms with van der Waals surface area (Å²) in [5.74, 6) is -1.74. The smallest absolute Gasteiger partial charge is 0.301 e. The van der Waals surface area contributed by atoms with Crippen LogP contribution in [0.1, 0.15) is 39.7 Å². The lowest BCUT2D eigenvalue weighted by atomic mass is 9.96. The molecule has 43 heavy (non-hydrogen) atoms. The number of hydrogen-bond acceptors (Lipinski definition) is 10. The molecule has 13 heteroatoms. The summed E-state index contributed by atoms with van der Waals surface area (Å²) in [6, 6.07) is 16.2. The summed E-state index contributed by atoms with van der Waals surface area (Å²) in [4.78, 5) is 44.0. The van der Waals surface area contributed by atoms with Crippen LogP contribution in [0.25, 0.3) is 11.4 Å². The number of carbonyl (C=O) groups is 2. The first-order valence-corrected chi connectivity index (χ1v) is 15.0. The summed E-state index contributed by atoms with van der Waals surface area (Å²) in [6.07, 6.45) is 1.79. The Morgan fingerprint density at radius 1 is 1.07 bits per heavy atom. The van der Waals surface area contributed by atoms with Crippen LogP contribution in [-0.2, 0) is 15.3 Å². The van der Waals surface area contributed by atoms with Crippen LogP contribution >= 0.6 is 23.1 Å². The van der Waals surface area contributed by atoms with Crippen molar-refractivity contribution in [3.05, 3.63) is 116 Å². The maximum atomic E-state index is 13.6. The minimum absolute atomic E-state index is 0.131. The summed E-state index contributed by atoms with van der Waals surface area (Å²) >= 11 is 2.55. The van der Waals surface area contributed by atoms with Gasteiger partial charge in [-0.2, -0.15) is 0 Å². The number of rotatable bonds is 7. The molecule has 3 aromatic heterocycles. The average Bonchev–Trinajstić information content (AvgIpc) is 3.68. The van der Waals surface area contributed by atoms with Crippen molar-refractivity contribution in [2.75, 3.05) is 4.90 Å². The van der Waals surface area contributed by atoms with Crippen molar-refractivity contribution < 1.29 is 19.6 Å². The molecule has 11 nitrogen and oxygen atoms in total. The van der Waals surface area contributed by atoms with E-state index in [2.05, 4.69) is 15.2 Å². The van der Waals surface area contributed by atoms with E-state index in [9.17, 15) is 24.8 Å². The molecule has 1 amide bonds. The first-order chi connectivity index (χ1) is 20.6. The Morgan fingerprint density at radius 2 is 1.84 bits per heavy atom. The predicted molar refractivity (Wildman–Crippen MR) is 163 cm³/mol. The van der Waals surface area contributed by atoms with E-state index in [4.69, 9.17) is 0 Å². The highest BCUT2D eigenvalue weighted by Gasteiger charge is 2.49. The minimum Gasteiger partial charge on any atom is -0.505 e. The third kappa shape index (κ3) is 5.06. The Kier molecular flexibility index (Phi) is 7.28. The van der Waals surface area contributed by atoms with E-state index in [0.29, 0.717) is 21.4 Å². The lowest BCUT2D eigenvalue weighted by Crippen LogP contribution is -2.29. The normalized spacial score (nSPS) is 16.3. The van der Waals surface area contributed by atoms with Crippen LogP contribution in [0, 0.1) is 30.9 Å². The fourth-order valence-electron chi connectivity index (χ4n) is 5.02. The number of fused-ring (bicyclic) bond motifs is 1. The van der Waals surface area contributed by atoms with E-state index in [-0.39, 0.29) is 27.6 Å². The Hall–Kier alpha value is -4.88. The molecule has 1 N–H and O–H groups in total. The van der Waals surface area contributed by atoms with Crippen molar-refractivity contribution in [2.45, 2.75) is 36.9 Å². The van der Waals surface area contributed by atoms with Gasteiger partial charge in [0.25, 0.3) is 11.5 Å². The van der Waals surface area contributed by atoms with Crippen LogP contribution in [0.4, 0.5) is 10.8 Å². The van der Waals surface area contributed by atoms with Gasteiger partial charge in [-0.1, -0.05) is 71.1 Å². The molecule has 0 spiro atoms. The van der Waals surface area contributed by atoms with Gasteiger partial charge in [0.2, 0.25) is 5.13 Å². The van der Waals surface area contributed by atoms with Crippen molar-refractivity contribution in [1.82, 2.24) is 19.6 Å². The molecule has 1 atom stereocenters. The van der Waals surface area contributed by atoms with E-state index < -0.39 is 28.4 Å². The van der Waals surface area contributed by atoms with Gasteiger partial charge >= 0.3 is 5.91 Å². The van der Waals surface area contributed by atoms with Crippen LogP contribution in [-0.4, -0.2) is 41.3 Å². The number of anilines is 1. The number of imidazole rings is 1. The van der Waals surface area contributed by atoms with Crippen molar-refractivity contribution in [1.29, 1.82) is 0 Å². The molecule has 4 heterocycles. The van der Waals surface area contributed by atoms with E-state index in [0.717, 1.165) is 32.9 Å². The van der Waals surface area contributed by atoms with E-state index in [1.54, 1.807) is 23.6 Å². The second kappa shape index (κ2) is 11.1. The number of non-ortho nitro benzene ring substituents is 1. The maximum Gasteiger partial charge on any atom is 0.301 e. The summed E-state index contributed by atoms with van der Waals surface area (Å²) in [6.45, 7) is 5.63. The topological polar surface area (TPSA) is 144 Å². The molecule has 1 aliphatic rings. The molecule has 1 unspecified atom stereocenters. The summed E-state index contributed by atoms with van der Waals surface area (Å²) in [5.41, 5.74) is 4.16. The monoisotopic (exact) mass is 612 g/mol. The second-order valence-corrected chi connectivity index (χ2v) is 12.3. The molecule has 216 valence electrons. The zero-order valence-electron chi connectivity index (χ0n) is 23.2. The van der Waals surface area contributed by atoms with Crippen molar-refractivity contribution in [3.8, 4) is 0 Å². The Balaban J connectivity index is 1.46. The third-order valence-electron chi connectivity index (χ3n) is 7.23. The molecule has 0 radical (unpaired) electrons. The molecular formula is C30H24N6O5S2. The molecule has 6 rings (SSSR count). The number of hydrogen-bond donors (Lipinski definition) is 1. The molecule has 1 saturated heterocycles. The fraction of sp³-hybridized carbons (Fsp3) is 0.167. The maximum absolute atomic E-state index is 13.6. The number of nitro benzene ring substituents is 1. The van der Waals surface area contributed by atoms with Crippen LogP contribution < -0.4 is 4.90 Å². The van der Waals surface area contributed by atoms with Gasteiger partial charge in [-0.15, -0.1) is 10.2 Å². The number of nitro groups is 1. The zero-order valence-corrected chi connectivity index (χ0v) is 24.8. The van der Waals surface area contributed by atoms with Gasteiger partial charge in [0.05, 0.1) is 22.2 Å². The SMILES string of the molecule is Cc1ccc(CSc2nnc(N3C(=O)C(=O)C(=C(O)c4nc5c(C)cccn5c4C)C3c3cccc([N+](=O)[O-])c3)s2)cc1. The summed E-state index contributed by atoms with van der Waals surface area (Å²) < 4.78 is 2.35. The highest BCUT2D eigenvalue weighted by molar-refractivity contribution is 8.00. The highest BCUT2D eigenvalue weighted by Crippen LogP contribution is 2.44. The van der Waals surface area contributed by atoms with Gasteiger partial charge in [0.15, 0.2) is 10.1 Å². The number of amides is 1. The fourth-order valence-corrected chi connectivity index (χ4v) is 6.84. The molecule has 1 fully saturated rings. The number of Topliss-reactive ketones (excluding diaryl/α,β-unsaturated/α-hetero) is 1. The van der Waals surface area contributed by atoms with Gasteiger partial charge in [-0.3, -0.25) is 24.6 Å². The van der Waals surface area contributed by atoms with Crippen LogP contribution in [0.3, 0.4) is 0 Å².